The van der Waals surface area contributed by atoms with E-state index in [0.717, 1.165) is 12.8 Å². The maximum absolute atomic E-state index is 12.3. The van der Waals surface area contributed by atoms with Crippen molar-refractivity contribution in [3.8, 4) is 11.8 Å². The van der Waals surface area contributed by atoms with Gasteiger partial charge >= 0.3 is 0 Å². The van der Waals surface area contributed by atoms with Gasteiger partial charge in [-0.05, 0) is 37.0 Å². The molecule has 1 aromatic rings. The highest BCUT2D eigenvalue weighted by Crippen LogP contribution is 2.23. The van der Waals surface area contributed by atoms with Crippen molar-refractivity contribution in [2.45, 2.75) is 37.0 Å². The van der Waals surface area contributed by atoms with Gasteiger partial charge in [-0.1, -0.05) is 37.2 Å². The molecule has 1 fully saturated rings. The summed E-state index contributed by atoms with van der Waals surface area (Å²) in [4.78, 5) is 0.266. The average molecular weight is 306 g/mol. The molecule has 0 radical (unpaired) electrons. The van der Waals surface area contributed by atoms with Gasteiger partial charge in [-0.15, -0.1) is 0 Å². The lowest BCUT2D eigenvalue weighted by molar-refractivity contribution is 0.357. The van der Waals surface area contributed by atoms with E-state index in [4.69, 9.17) is 5.73 Å². The molecule has 0 aliphatic heterocycles. The summed E-state index contributed by atoms with van der Waals surface area (Å²) in [5, 5.41) is 0. The molecule has 0 saturated heterocycles. The Morgan fingerprint density at radius 2 is 2.00 bits per heavy atom. The number of nitrogens with one attached hydrogen (secondary N) is 1. The molecule has 114 valence electrons. The van der Waals surface area contributed by atoms with Crippen LogP contribution in [0.4, 0.5) is 0 Å². The number of benzene rings is 1. The van der Waals surface area contributed by atoms with Crippen LogP contribution in [0.25, 0.3) is 0 Å². The van der Waals surface area contributed by atoms with Crippen LogP contribution in [0.2, 0.25) is 0 Å². The highest BCUT2D eigenvalue weighted by molar-refractivity contribution is 7.89. The molecule has 2 rings (SSSR count). The molecule has 5 heteroatoms. The Kier molecular flexibility index (Phi) is 5.80. The molecule has 0 unspecified atom stereocenters. The Bertz CT molecular complexity index is 623. The SMILES string of the molecule is NCC#Cc1cccc(S(=O)(=O)NCC2CCCCC2)c1. The fourth-order valence-corrected chi connectivity index (χ4v) is 3.76. The Morgan fingerprint density at radius 1 is 1.24 bits per heavy atom. The third-order valence-electron chi connectivity index (χ3n) is 3.77. The highest BCUT2D eigenvalue weighted by atomic mass is 32.2. The number of sulfonamides is 1. The van der Waals surface area contributed by atoms with Gasteiger partial charge in [-0.3, -0.25) is 0 Å². The summed E-state index contributed by atoms with van der Waals surface area (Å²) < 4.78 is 27.4. The van der Waals surface area contributed by atoms with Gasteiger partial charge in [-0.2, -0.15) is 0 Å². The van der Waals surface area contributed by atoms with E-state index in [1.165, 1.54) is 19.3 Å². The fraction of sp³-hybridized carbons (Fsp3) is 0.500. The van der Waals surface area contributed by atoms with E-state index in [1.54, 1.807) is 24.3 Å². The van der Waals surface area contributed by atoms with Crippen LogP contribution in [0, 0.1) is 17.8 Å². The zero-order chi connectivity index (χ0) is 15.1. The summed E-state index contributed by atoms with van der Waals surface area (Å²) in [7, 11) is -3.46. The Morgan fingerprint density at radius 3 is 2.71 bits per heavy atom. The molecular formula is C16H22N2O2S. The summed E-state index contributed by atoms with van der Waals surface area (Å²) in [6.07, 6.45) is 5.91. The molecule has 0 spiro atoms. The fourth-order valence-electron chi connectivity index (χ4n) is 2.60. The first kappa shape index (κ1) is 16.0. The second-order valence-electron chi connectivity index (χ2n) is 5.39. The standard InChI is InChI=1S/C16H22N2O2S/c17-11-5-9-14-8-4-10-16(12-14)21(19,20)18-13-15-6-2-1-3-7-15/h4,8,10,12,15,18H,1-3,6-7,11,13,17H2. The molecule has 1 aromatic carbocycles. The van der Waals surface area contributed by atoms with Gasteiger partial charge in [0.1, 0.15) is 0 Å². The van der Waals surface area contributed by atoms with Crippen molar-refractivity contribution in [3.05, 3.63) is 29.8 Å². The van der Waals surface area contributed by atoms with Crippen LogP contribution >= 0.6 is 0 Å². The summed E-state index contributed by atoms with van der Waals surface area (Å²) >= 11 is 0. The van der Waals surface area contributed by atoms with E-state index in [9.17, 15) is 8.42 Å². The van der Waals surface area contributed by atoms with Crippen molar-refractivity contribution in [2.24, 2.45) is 11.7 Å². The first-order valence-corrected chi connectivity index (χ1v) is 8.89. The van der Waals surface area contributed by atoms with Gasteiger partial charge < -0.3 is 5.73 Å². The van der Waals surface area contributed by atoms with Gasteiger partial charge in [0.25, 0.3) is 0 Å². The first-order valence-electron chi connectivity index (χ1n) is 7.40. The van der Waals surface area contributed by atoms with Crippen LogP contribution < -0.4 is 10.5 Å². The van der Waals surface area contributed by atoms with E-state index in [-0.39, 0.29) is 11.4 Å². The molecule has 0 bridgehead atoms. The van der Waals surface area contributed by atoms with E-state index in [0.29, 0.717) is 18.0 Å². The zero-order valence-corrected chi connectivity index (χ0v) is 13.0. The Hall–Kier alpha value is -1.35. The number of hydrogen-bond donors (Lipinski definition) is 2. The minimum Gasteiger partial charge on any atom is -0.320 e. The highest BCUT2D eigenvalue weighted by Gasteiger charge is 2.18. The monoisotopic (exact) mass is 306 g/mol. The predicted octanol–water partition coefficient (Wildman–Crippen LogP) is 1.86. The molecule has 0 atom stereocenters. The van der Waals surface area contributed by atoms with Crippen molar-refractivity contribution < 1.29 is 8.42 Å². The second kappa shape index (κ2) is 7.60. The van der Waals surface area contributed by atoms with Crippen molar-refractivity contribution >= 4 is 10.0 Å². The molecule has 3 N–H and O–H groups in total. The van der Waals surface area contributed by atoms with Gasteiger partial charge in [0, 0.05) is 12.1 Å². The second-order valence-corrected chi connectivity index (χ2v) is 7.16. The van der Waals surface area contributed by atoms with Crippen molar-refractivity contribution in [2.75, 3.05) is 13.1 Å². The van der Waals surface area contributed by atoms with Gasteiger partial charge in [0.2, 0.25) is 10.0 Å². The summed E-state index contributed by atoms with van der Waals surface area (Å²) in [6, 6.07) is 6.67. The Labute approximate surface area is 127 Å². The van der Waals surface area contributed by atoms with Crippen molar-refractivity contribution in [1.29, 1.82) is 0 Å². The average Bonchev–Trinajstić information content (AvgIpc) is 2.52. The number of nitrogens with two attached hydrogens (primary N) is 1. The molecule has 1 aliphatic carbocycles. The quantitative estimate of drug-likeness (QED) is 0.834. The predicted molar refractivity (Wildman–Crippen MR) is 84.1 cm³/mol. The molecule has 4 nitrogen and oxygen atoms in total. The lowest BCUT2D eigenvalue weighted by atomic mass is 9.90. The van der Waals surface area contributed by atoms with Gasteiger partial charge in [0.15, 0.2) is 0 Å². The third kappa shape index (κ3) is 4.85. The van der Waals surface area contributed by atoms with E-state index >= 15 is 0 Å². The molecule has 0 aromatic heterocycles. The number of rotatable bonds is 4. The maximum Gasteiger partial charge on any atom is 0.240 e. The third-order valence-corrected chi connectivity index (χ3v) is 5.19. The van der Waals surface area contributed by atoms with Crippen LogP contribution in [-0.4, -0.2) is 21.5 Å². The largest absolute Gasteiger partial charge is 0.320 e. The molecule has 0 amide bonds. The molecule has 1 saturated carbocycles. The summed E-state index contributed by atoms with van der Waals surface area (Å²) in [6.45, 7) is 0.790. The summed E-state index contributed by atoms with van der Waals surface area (Å²) in [5.74, 6) is 6.05. The van der Waals surface area contributed by atoms with E-state index < -0.39 is 10.0 Å². The van der Waals surface area contributed by atoms with Gasteiger partial charge in [0.05, 0.1) is 11.4 Å². The normalized spacial score (nSPS) is 16.2. The van der Waals surface area contributed by atoms with Crippen LogP contribution in [0.1, 0.15) is 37.7 Å². The van der Waals surface area contributed by atoms with Crippen LogP contribution in [-0.2, 0) is 10.0 Å². The lowest BCUT2D eigenvalue weighted by Gasteiger charge is -2.21. The van der Waals surface area contributed by atoms with Crippen LogP contribution in [0.3, 0.4) is 0 Å². The van der Waals surface area contributed by atoms with Crippen LogP contribution in [0.15, 0.2) is 29.2 Å². The lowest BCUT2D eigenvalue weighted by Crippen LogP contribution is -2.30. The molecule has 21 heavy (non-hydrogen) atoms. The molecule has 1 aliphatic rings. The zero-order valence-electron chi connectivity index (χ0n) is 12.1. The smallest absolute Gasteiger partial charge is 0.240 e. The van der Waals surface area contributed by atoms with Crippen molar-refractivity contribution in [1.82, 2.24) is 4.72 Å². The number of hydrogen-bond acceptors (Lipinski definition) is 3. The minimum absolute atomic E-state index is 0.261. The molecule has 0 heterocycles. The topological polar surface area (TPSA) is 72.2 Å². The van der Waals surface area contributed by atoms with Crippen LogP contribution in [0.5, 0.6) is 0 Å². The molecular weight excluding hydrogens is 284 g/mol. The van der Waals surface area contributed by atoms with E-state index in [2.05, 4.69) is 16.6 Å². The summed E-state index contributed by atoms with van der Waals surface area (Å²) in [5.41, 5.74) is 5.99. The van der Waals surface area contributed by atoms with Crippen molar-refractivity contribution in [3.63, 3.8) is 0 Å². The maximum atomic E-state index is 12.3. The van der Waals surface area contributed by atoms with E-state index in [1.807, 2.05) is 0 Å². The minimum atomic E-state index is -3.46. The Balaban J connectivity index is 2.04. The first-order chi connectivity index (χ1) is 10.1. The van der Waals surface area contributed by atoms with Gasteiger partial charge in [-0.25, -0.2) is 13.1 Å².